The zero-order chi connectivity index (χ0) is 11.8. The molecule has 92 valence electrons. The van der Waals surface area contributed by atoms with Crippen LogP contribution in [0, 0.1) is 5.41 Å². The topological polar surface area (TPSA) is 61.4 Å². The monoisotopic (exact) mass is 226 g/mol. The van der Waals surface area contributed by atoms with Crippen LogP contribution in [0.15, 0.2) is 0 Å². The molecule has 1 heterocycles. The summed E-state index contributed by atoms with van der Waals surface area (Å²) in [5.74, 6) is 0.102. The van der Waals surface area contributed by atoms with Crippen molar-refractivity contribution in [3.63, 3.8) is 0 Å². The first-order valence-electron chi connectivity index (χ1n) is 6.23. The predicted octanol–water partition coefficient (Wildman–Crippen LogP) is 0.404. The fraction of sp³-hybridized carbons (Fsp3) is 0.917. The first-order valence-corrected chi connectivity index (χ1v) is 6.23. The van der Waals surface area contributed by atoms with Crippen LogP contribution in [-0.2, 0) is 4.79 Å². The number of piperidine rings is 1. The van der Waals surface area contributed by atoms with Crippen molar-refractivity contribution in [1.29, 1.82) is 0 Å². The van der Waals surface area contributed by atoms with Crippen LogP contribution in [0.5, 0.6) is 0 Å². The molecule has 2 rings (SSSR count). The molecule has 0 aromatic rings. The normalized spacial score (nSPS) is 37.6. The summed E-state index contributed by atoms with van der Waals surface area (Å²) in [5.41, 5.74) is -0.176. The molecule has 3 unspecified atom stereocenters. The van der Waals surface area contributed by atoms with Crippen LogP contribution in [0.1, 0.15) is 39.5 Å². The minimum atomic E-state index is -0.280. The van der Waals surface area contributed by atoms with Gasteiger partial charge >= 0.3 is 0 Å². The molecule has 1 aliphatic carbocycles. The van der Waals surface area contributed by atoms with Crippen LogP contribution in [0.4, 0.5) is 0 Å². The van der Waals surface area contributed by atoms with Crippen LogP contribution >= 0.6 is 0 Å². The Morgan fingerprint density at radius 2 is 2.19 bits per heavy atom. The van der Waals surface area contributed by atoms with Gasteiger partial charge in [0.2, 0.25) is 5.91 Å². The molecule has 1 aliphatic heterocycles. The molecule has 0 aromatic heterocycles. The number of hydrogen-bond acceptors (Lipinski definition) is 3. The molecular weight excluding hydrogens is 204 g/mol. The molecule has 4 nitrogen and oxygen atoms in total. The second-order valence-corrected chi connectivity index (χ2v) is 5.64. The quantitative estimate of drug-likeness (QED) is 0.639. The summed E-state index contributed by atoms with van der Waals surface area (Å²) in [6.07, 6.45) is 3.63. The fourth-order valence-electron chi connectivity index (χ4n) is 2.50. The SMILES string of the molecule is CC1(C)C(O)CC1NC(=O)C1CCCCN1. The minimum Gasteiger partial charge on any atom is -0.392 e. The van der Waals surface area contributed by atoms with Crippen LogP contribution in [0.2, 0.25) is 0 Å². The van der Waals surface area contributed by atoms with Crippen LogP contribution in [0.3, 0.4) is 0 Å². The number of hydrogen-bond donors (Lipinski definition) is 3. The Hall–Kier alpha value is -0.610. The van der Waals surface area contributed by atoms with E-state index in [1.54, 1.807) is 0 Å². The molecule has 0 radical (unpaired) electrons. The molecule has 0 spiro atoms. The first-order chi connectivity index (χ1) is 7.51. The number of carbonyl (C=O) groups excluding carboxylic acids is 1. The molecule has 2 fully saturated rings. The molecule has 1 saturated heterocycles. The van der Waals surface area contributed by atoms with Gasteiger partial charge in [-0.15, -0.1) is 0 Å². The number of aliphatic hydroxyl groups excluding tert-OH is 1. The Morgan fingerprint density at radius 1 is 1.44 bits per heavy atom. The van der Waals surface area contributed by atoms with E-state index in [0.29, 0.717) is 6.42 Å². The second-order valence-electron chi connectivity index (χ2n) is 5.64. The van der Waals surface area contributed by atoms with E-state index in [4.69, 9.17) is 0 Å². The van der Waals surface area contributed by atoms with E-state index in [2.05, 4.69) is 10.6 Å². The fourth-order valence-corrected chi connectivity index (χ4v) is 2.50. The number of amides is 1. The van der Waals surface area contributed by atoms with Crippen molar-refractivity contribution in [3.8, 4) is 0 Å². The van der Waals surface area contributed by atoms with Gasteiger partial charge in [-0.2, -0.15) is 0 Å². The van der Waals surface area contributed by atoms with Crippen LogP contribution in [-0.4, -0.2) is 35.7 Å². The lowest BCUT2D eigenvalue weighted by Crippen LogP contribution is -2.63. The summed E-state index contributed by atoms with van der Waals surface area (Å²) >= 11 is 0. The van der Waals surface area contributed by atoms with Crippen LogP contribution in [0.25, 0.3) is 0 Å². The largest absolute Gasteiger partial charge is 0.392 e. The van der Waals surface area contributed by atoms with Crippen molar-refractivity contribution in [1.82, 2.24) is 10.6 Å². The van der Waals surface area contributed by atoms with E-state index in [1.807, 2.05) is 13.8 Å². The van der Waals surface area contributed by atoms with Gasteiger partial charge in [0, 0.05) is 11.5 Å². The third-order valence-electron chi connectivity index (χ3n) is 4.16. The highest BCUT2D eigenvalue weighted by molar-refractivity contribution is 5.82. The summed E-state index contributed by atoms with van der Waals surface area (Å²) in [5, 5.41) is 15.9. The highest BCUT2D eigenvalue weighted by atomic mass is 16.3. The highest BCUT2D eigenvalue weighted by Crippen LogP contribution is 2.40. The molecule has 2 aliphatic rings. The van der Waals surface area contributed by atoms with Crippen molar-refractivity contribution in [2.45, 2.75) is 57.7 Å². The van der Waals surface area contributed by atoms with Crippen molar-refractivity contribution in [3.05, 3.63) is 0 Å². The lowest BCUT2D eigenvalue weighted by Gasteiger charge is -2.49. The standard InChI is InChI=1S/C12H22N2O2/c1-12(2)9(7-10(12)15)14-11(16)8-5-3-4-6-13-8/h8-10,13,15H,3-7H2,1-2H3,(H,14,16). The van der Waals surface area contributed by atoms with E-state index >= 15 is 0 Å². The third-order valence-corrected chi connectivity index (χ3v) is 4.16. The zero-order valence-corrected chi connectivity index (χ0v) is 10.1. The maximum Gasteiger partial charge on any atom is 0.237 e. The molecule has 3 N–H and O–H groups in total. The van der Waals surface area contributed by atoms with Crippen molar-refractivity contribution >= 4 is 5.91 Å². The van der Waals surface area contributed by atoms with Gasteiger partial charge < -0.3 is 15.7 Å². The minimum absolute atomic E-state index is 0.0257. The summed E-state index contributed by atoms with van der Waals surface area (Å²) in [7, 11) is 0. The van der Waals surface area contributed by atoms with Gasteiger partial charge in [-0.25, -0.2) is 0 Å². The Kier molecular flexibility index (Phi) is 3.22. The maximum absolute atomic E-state index is 11.9. The Bertz CT molecular complexity index is 272. The lowest BCUT2D eigenvalue weighted by atomic mass is 9.64. The second kappa shape index (κ2) is 4.34. The summed E-state index contributed by atoms with van der Waals surface area (Å²) < 4.78 is 0. The highest BCUT2D eigenvalue weighted by Gasteiger charge is 2.48. The zero-order valence-electron chi connectivity index (χ0n) is 10.1. The van der Waals surface area contributed by atoms with Gasteiger partial charge in [-0.3, -0.25) is 4.79 Å². The lowest BCUT2D eigenvalue weighted by molar-refractivity contribution is -0.131. The predicted molar refractivity (Wildman–Crippen MR) is 62.0 cm³/mol. The maximum atomic E-state index is 11.9. The molecule has 4 heteroatoms. The summed E-state index contributed by atoms with van der Waals surface area (Å²) in [4.78, 5) is 11.9. The van der Waals surface area contributed by atoms with Gasteiger partial charge in [-0.1, -0.05) is 20.3 Å². The Balaban J connectivity index is 1.83. The van der Waals surface area contributed by atoms with Gasteiger partial charge in [0.25, 0.3) is 0 Å². The molecule has 0 bridgehead atoms. The van der Waals surface area contributed by atoms with E-state index in [9.17, 15) is 9.90 Å². The smallest absolute Gasteiger partial charge is 0.237 e. The summed E-state index contributed by atoms with van der Waals surface area (Å²) in [6, 6.07) is 0.0982. The molecular formula is C12H22N2O2. The van der Waals surface area contributed by atoms with Gasteiger partial charge in [0.05, 0.1) is 12.1 Å². The Labute approximate surface area is 96.8 Å². The number of carbonyl (C=O) groups is 1. The van der Waals surface area contributed by atoms with E-state index < -0.39 is 0 Å². The molecule has 1 amide bonds. The van der Waals surface area contributed by atoms with Crippen molar-refractivity contribution in [2.24, 2.45) is 5.41 Å². The van der Waals surface area contributed by atoms with Crippen molar-refractivity contribution < 1.29 is 9.90 Å². The average Bonchev–Trinajstić information content (AvgIpc) is 2.29. The Morgan fingerprint density at radius 3 is 2.69 bits per heavy atom. The van der Waals surface area contributed by atoms with E-state index in [1.165, 1.54) is 0 Å². The molecule has 3 atom stereocenters. The van der Waals surface area contributed by atoms with E-state index in [-0.39, 0.29) is 29.5 Å². The first kappa shape index (κ1) is 11.9. The summed E-state index contributed by atoms with van der Waals surface area (Å²) in [6.45, 7) is 4.94. The van der Waals surface area contributed by atoms with Gasteiger partial charge in [0.15, 0.2) is 0 Å². The number of rotatable bonds is 2. The third kappa shape index (κ3) is 2.09. The molecule has 1 saturated carbocycles. The van der Waals surface area contributed by atoms with Gasteiger partial charge in [-0.05, 0) is 25.8 Å². The molecule has 16 heavy (non-hydrogen) atoms. The number of aliphatic hydroxyl groups is 1. The average molecular weight is 226 g/mol. The van der Waals surface area contributed by atoms with Crippen LogP contribution < -0.4 is 10.6 Å². The number of nitrogens with one attached hydrogen (secondary N) is 2. The van der Waals surface area contributed by atoms with E-state index in [0.717, 1.165) is 25.8 Å². The molecule has 0 aromatic carbocycles. The van der Waals surface area contributed by atoms with Crippen molar-refractivity contribution in [2.75, 3.05) is 6.54 Å². The van der Waals surface area contributed by atoms with Gasteiger partial charge in [0.1, 0.15) is 0 Å².